The van der Waals surface area contributed by atoms with E-state index in [9.17, 15) is 39.2 Å². The molecule has 0 saturated carbocycles. The summed E-state index contributed by atoms with van der Waals surface area (Å²) in [6.07, 6.45) is -7.42. The molecule has 1 heterocycles. The maximum atomic E-state index is 14.3. The molecule has 0 bridgehead atoms. The molecule has 0 unspecified atom stereocenters. The summed E-state index contributed by atoms with van der Waals surface area (Å²) >= 11 is 0. The normalized spacial score (nSPS) is 12.4. The van der Waals surface area contributed by atoms with Gasteiger partial charge in [-0.05, 0) is 30.3 Å². The van der Waals surface area contributed by atoms with E-state index in [1.54, 1.807) is 0 Å². The smallest absolute Gasteiger partial charge is 0.406 e. The van der Waals surface area contributed by atoms with E-state index < -0.39 is 56.3 Å². The maximum Gasteiger partial charge on any atom is 0.573 e. The van der Waals surface area contributed by atoms with Crippen LogP contribution in [0.15, 0.2) is 47.4 Å². The van der Waals surface area contributed by atoms with Crippen molar-refractivity contribution < 1.29 is 43.9 Å². The first-order valence-electron chi connectivity index (χ1n) is 8.20. The minimum absolute atomic E-state index is 0.0712. The van der Waals surface area contributed by atoms with Crippen LogP contribution in [-0.2, 0) is 9.84 Å². The zero-order valence-electron chi connectivity index (χ0n) is 15.3. The molecule has 3 rings (SSSR count). The third kappa shape index (κ3) is 4.98. The highest BCUT2D eigenvalue weighted by molar-refractivity contribution is 7.90. The van der Waals surface area contributed by atoms with Crippen LogP contribution in [0.1, 0.15) is 12.1 Å². The van der Waals surface area contributed by atoms with Gasteiger partial charge in [-0.3, -0.25) is 0 Å². The Morgan fingerprint density at radius 2 is 1.55 bits per heavy atom. The van der Waals surface area contributed by atoms with Crippen molar-refractivity contribution in [2.75, 3.05) is 6.26 Å². The number of nitrogens with zero attached hydrogens (tertiary/aromatic N) is 2. The molecule has 0 saturated heterocycles. The predicted octanol–water partition coefficient (Wildman–Crippen LogP) is 5.06. The second kappa shape index (κ2) is 7.87. The number of benzene rings is 2. The maximum absolute atomic E-state index is 14.3. The summed E-state index contributed by atoms with van der Waals surface area (Å²) in [6.45, 7) is 0. The number of rotatable bonds is 5. The zero-order valence-corrected chi connectivity index (χ0v) is 16.1. The fraction of sp³-hybridized carbons (Fsp3) is 0.167. The van der Waals surface area contributed by atoms with Gasteiger partial charge in [0.05, 0.1) is 11.4 Å². The molecule has 0 atom stereocenters. The fourth-order valence-electron chi connectivity index (χ4n) is 2.76. The molecule has 0 aliphatic rings. The van der Waals surface area contributed by atoms with Crippen molar-refractivity contribution in [3.05, 3.63) is 59.8 Å². The van der Waals surface area contributed by atoms with Crippen LogP contribution in [0.2, 0.25) is 0 Å². The van der Waals surface area contributed by atoms with Crippen LogP contribution in [0.5, 0.6) is 5.75 Å². The second-order valence-electron chi connectivity index (χ2n) is 6.25. The van der Waals surface area contributed by atoms with Gasteiger partial charge in [-0.25, -0.2) is 30.7 Å². The number of hydrogen-bond donors (Lipinski definition) is 0. The van der Waals surface area contributed by atoms with Gasteiger partial charge >= 0.3 is 6.36 Å². The summed E-state index contributed by atoms with van der Waals surface area (Å²) in [5.41, 5.74) is -1.26. The van der Waals surface area contributed by atoms with Crippen LogP contribution in [0, 0.1) is 11.6 Å². The van der Waals surface area contributed by atoms with Crippen molar-refractivity contribution in [2.45, 2.75) is 17.7 Å². The number of aromatic nitrogens is 2. The van der Waals surface area contributed by atoms with E-state index in [-0.39, 0.29) is 11.3 Å². The molecule has 1 aromatic heterocycles. The monoisotopic (exact) mass is 468 g/mol. The van der Waals surface area contributed by atoms with Gasteiger partial charge in [0.1, 0.15) is 28.0 Å². The van der Waals surface area contributed by atoms with E-state index in [4.69, 9.17) is 0 Å². The molecule has 31 heavy (non-hydrogen) atoms. The first-order chi connectivity index (χ1) is 14.3. The van der Waals surface area contributed by atoms with Crippen molar-refractivity contribution in [2.24, 2.45) is 0 Å². The first kappa shape index (κ1) is 22.6. The molecule has 0 amide bonds. The molecule has 0 aliphatic carbocycles. The Labute approximate surface area is 170 Å². The molecular weight excluding hydrogens is 457 g/mol. The lowest BCUT2D eigenvalue weighted by Crippen LogP contribution is -2.16. The number of halogens is 7. The molecule has 0 fully saturated rings. The Kier molecular flexibility index (Phi) is 5.74. The van der Waals surface area contributed by atoms with Gasteiger partial charge in [-0.1, -0.05) is 0 Å². The summed E-state index contributed by atoms with van der Waals surface area (Å²) in [7, 11) is -4.26. The van der Waals surface area contributed by atoms with Gasteiger partial charge in [0.15, 0.2) is 9.84 Å². The minimum atomic E-state index is -4.94. The number of ether oxygens (including phenoxy) is 1. The van der Waals surface area contributed by atoms with Gasteiger partial charge in [-0.2, -0.15) is 5.10 Å². The van der Waals surface area contributed by atoms with E-state index in [0.717, 1.165) is 35.0 Å². The van der Waals surface area contributed by atoms with E-state index in [1.165, 1.54) is 0 Å². The Morgan fingerprint density at radius 1 is 1.00 bits per heavy atom. The molecule has 13 heteroatoms. The predicted molar refractivity (Wildman–Crippen MR) is 93.7 cm³/mol. The third-order valence-corrected chi connectivity index (χ3v) is 5.07. The number of hydrogen-bond acceptors (Lipinski definition) is 4. The lowest BCUT2D eigenvalue weighted by Gasteiger charge is -2.12. The molecule has 2 aromatic carbocycles. The standard InChI is InChI=1S/C18H11F7N2O3S/c1-31(28,29)16-12(19)6-10(7-13(16)20)27-15(8-14(26-27)17(21)22)9-2-4-11(5-3-9)30-18(23,24)25/h2-8,17H,1H3. The molecule has 0 radical (unpaired) electrons. The van der Waals surface area contributed by atoms with Crippen molar-refractivity contribution in [3.8, 4) is 22.7 Å². The lowest BCUT2D eigenvalue weighted by atomic mass is 10.1. The average molecular weight is 468 g/mol. The van der Waals surface area contributed by atoms with Gasteiger partial charge in [0.2, 0.25) is 0 Å². The van der Waals surface area contributed by atoms with Crippen LogP contribution in [0.25, 0.3) is 16.9 Å². The van der Waals surface area contributed by atoms with E-state index in [0.29, 0.717) is 18.4 Å². The highest BCUT2D eigenvalue weighted by Gasteiger charge is 2.31. The van der Waals surface area contributed by atoms with Gasteiger partial charge in [0, 0.05) is 24.0 Å². The Balaban J connectivity index is 2.13. The van der Waals surface area contributed by atoms with Gasteiger partial charge < -0.3 is 4.74 Å². The zero-order chi connectivity index (χ0) is 23.1. The summed E-state index contributed by atoms with van der Waals surface area (Å²) in [5, 5.41) is 3.58. The Bertz CT molecular complexity index is 1200. The highest BCUT2D eigenvalue weighted by atomic mass is 32.2. The van der Waals surface area contributed by atoms with Crippen LogP contribution < -0.4 is 4.74 Å². The first-order valence-corrected chi connectivity index (χ1v) is 10.1. The van der Waals surface area contributed by atoms with E-state index >= 15 is 0 Å². The SMILES string of the molecule is CS(=O)(=O)c1c(F)cc(-n2nc(C(F)F)cc2-c2ccc(OC(F)(F)F)cc2)cc1F. The molecule has 3 aromatic rings. The third-order valence-electron chi connectivity index (χ3n) is 3.93. The average Bonchev–Trinajstić information content (AvgIpc) is 3.05. The largest absolute Gasteiger partial charge is 0.573 e. The van der Waals surface area contributed by atoms with E-state index in [2.05, 4.69) is 9.84 Å². The summed E-state index contributed by atoms with van der Waals surface area (Å²) in [4.78, 5) is -1.20. The highest BCUT2D eigenvalue weighted by Crippen LogP contribution is 2.32. The topological polar surface area (TPSA) is 61.2 Å². The fourth-order valence-corrected chi connectivity index (χ4v) is 3.59. The van der Waals surface area contributed by atoms with Gasteiger partial charge in [-0.15, -0.1) is 13.2 Å². The molecule has 0 aliphatic heterocycles. The Hall–Kier alpha value is -3.09. The molecule has 0 spiro atoms. The summed E-state index contributed by atoms with van der Waals surface area (Å²) in [5.74, 6) is -3.51. The minimum Gasteiger partial charge on any atom is -0.406 e. The molecule has 0 N–H and O–H groups in total. The quantitative estimate of drug-likeness (QED) is 0.492. The van der Waals surface area contributed by atoms with Crippen LogP contribution in [-0.4, -0.2) is 30.8 Å². The number of sulfone groups is 1. The Morgan fingerprint density at radius 3 is 2.00 bits per heavy atom. The van der Waals surface area contributed by atoms with Crippen molar-refractivity contribution in [3.63, 3.8) is 0 Å². The second-order valence-corrected chi connectivity index (χ2v) is 8.20. The van der Waals surface area contributed by atoms with Crippen LogP contribution >= 0.6 is 0 Å². The van der Waals surface area contributed by atoms with Crippen molar-refractivity contribution >= 4 is 9.84 Å². The van der Waals surface area contributed by atoms with Crippen molar-refractivity contribution in [1.29, 1.82) is 0 Å². The van der Waals surface area contributed by atoms with Crippen LogP contribution in [0.4, 0.5) is 30.7 Å². The van der Waals surface area contributed by atoms with E-state index in [1.807, 2.05) is 0 Å². The lowest BCUT2D eigenvalue weighted by molar-refractivity contribution is -0.274. The van der Waals surface area contributed by atoms with Gasteiger partial charge in [0.25, 0.3) is 6.43 Å². The molecule has 5 nitrogen and oxygen atoms in total. The van der Waals surface area contributed by atoms with Crippen LogP contribution in [0.3, 0.4) is 0 Å². The van der Waals surface area contributed by atoms with Crippen molar-refractivity contribution in [1.82, 2.24) is 9.78 Å². The molecular formula is C18H11F7N2O3S. The number of alkyl halides is 5. The summed E-state index contributed by atoms with van der Waals surface area (Å²) in [6, 6.07) is 6.08. The molecule has 166 valence electrons. The summed E-state index contributed by atoms with van der Waals surface area (Å²) < 4.78 is 119.